The molecule has 3 heteroatoms. The van der Waals surface area contributed by atoms with Gasteiger partial charge in [0.15, 0.2) is 0 Å². The van der Waals surface area contributed by atoms with E-state index in [1.54, 1.807) is 0 Å². The summed E-state index contributed by atoms with van der Waals surface area (Å²) in [5.41, 5.74) is 5.13. The number of halogens is 1. The maximum absolute atomic E-state index is 6.62. The van der Waals surface area contributed by atoms with Crippen LogP contribution < -0.4 is 0 Å². The van der Waals surface area contributed by atoms with Crippen molar-refractivity contribution in [2.24, 2.45) is 0 Å². The van der Waals surface area contributed by atoms with Gasteiger partial charge in [-0.25, -0.2) is 0 Å². The zero-order chi connectivity index (χ0) is 18.0. The molecule has 2 heterocycles. The molecule has 0 fully saturated rings. The third-order valence-electron chi connectivity index (χ3n) is 5.25. The number of furan rings is 1. The molecule has 0 spiro atoms. The van der Waals surface area contributed by atoms with Crippen LogP contribution in [-0.4, -0.2) is 4.57 Å². The summed E-state index contributed by atoms with van der Waals surface area (Å²) in [5, 5.41) is 5.16. The largest absolute Gasteiger partial charge is 0.456 e. The molecule has 6 rings (SSSR count). The standard InChI is InChI=1S/C24H14ClNO/c25-19-10-6-11-20-24(19)18-14-23-17(16-9-4-5-12-22(16)27-23)13-21(18)26(20)15-7-2-1-3-8-15/h1-14H. The van der Waals surface area contributed by atoms with Crippen molar-refractivity contribution in [3.8, 4) is 5.69 Å². The van der Waals surface area contributed by atoms with Crippen LogP contribution in [0.25, 0.3) is 49.4 Å². The fourth-order valence-electron chi connectivity index (χ4n) is 4.10. The molecular weight excluding hydrogens is 354 g/mol. The number of aromatic nitrogens is 1. The number of benzene rings is 4. The summed E-state index contributed by atoms with van der Waals surface area (Å²) in [6, 6.07) is 29.0. The second-order valence-electron chi connectivity index (χ2n) is 6.77. The summed E-state index contributed by atoms with van der Waals surface area (Å²) < 4.78 is 8.39. The number of hydrogen-bond donors (Lipinski definition) is 0. The quantitative estimate of drug-likeness (QED) is 0.297. The number of nitrogens with zero attached hydrogens (tertiary/aromatic N) is 1. The van der Waals surface area contributed by atoms with Gasteiger partial charge < -0.3 is 8.98 Å². The van der Waals surface area contributed by atoms with E-state index in [0.29, 0.717) is 0 Å². The first kappa shape index (κ1) is 14.9. The van der Waals surface area contributed by atoms with Crippen LogP contribution in [0.15, 0.2) is 89.3 Å². The van der Waals surface area contributed by atoms with E-state index in [1.807, 2.05) is 36.4 Å². The zero-order valence-corrected chi connectivity index (χ0v) is 15.1. The first-order chi connectivity index (χ1) is 13.3. The van der Waals surface area contributed by atoms with Crippen LogP contribution in [0.1, 0.15) is 0 Å². The Morgan fingerprint density at radius 1 is 0.630 bits per heavy atom. The van der Waals surface area contributed by atoms with E-state index in [0.717, 1.165) is 54.5 Å². The molecule has 2 aromatic heterocycles. The second kappa shape index (κ2) is 5.38. The molecule has 0 aliphatic heterocycles. The van der Waals surface area contributed by atoms with Crippen LogP contribution in [0.2, 0.25) is 5.02 Å². The van der Waals surface area contributed by atoms with Gasteiger partial charge in [0.25, 0.3) is 0 Å². The third kappa shape index (κ3) is 2.02. The SMILES string of the molecule is Clc1cccc2c1c1cc3oc4ccccc4c3cc1n2-c1ccccc1. The van der Waals surface area contributed by atoms with Crippen LogP contribution in [0, 0.1) is 0 Å². The Morgan fingerprint density at radius 3 is 2.33 bits per heavy atom. The van der Waals surface area contributed by atoms with E-state index in [-0.39, 0.29) is 0 Å². The summed E-state index contributed by atoms with van der Waals surface area (Å²) in [5.74, 6) is 0. The van der Waals surface area contributed by atoms with Gasteiger partial charge in [-0.15, -0.1) is 0 Å². The maximum Gasteiger partial charge on any atom is 0.136 e. The number of fused-ring (bicyclic) bond motifs is 6. The van der Waals surface area contributed by atoms with E-state index in [4.69, 9.17) is 16.0 Å². The monoisotopic (exact) mass is 367 g/mol. The molecule has 0 amide bonds. The minimum atomic E-state index is 0.752. The Balaban J connectivity index is 1.88. The lowest BCUT2D eigenvalue weighted by Crippen LogP contribution is -1.92. The molecule has 128 valence electrons. The van der Waals surface area contributed by atoms with Gasteiger partial charge in [0.05, 0.1) is 16.1 Å². The highest BCUT2D eigenvalue weighted by Gasteiger charge is 2.17. The van der Waals surface area contributed by atoms with Crippen LogP contribution in [-0.2, 0) is 0 Å². The van der Waals surface area contributed by atoms with Crippen molar-refractivity contribution in [3.05, 3.63) is 90.0 Å². The lowest BCUT2D eigenvalue weighted by molar-refractivity contribution is 0.669. The van der Waals surface area contributed by atoms with Gasteiger partial charge in [0, 0.05) is 27.2 Å². The summed E-state index contributed by atoms with van der Waals surface area (Å²) in [4.78, 5) is 0. The molecule has 27 heavy (non-hydrogen) atoms. The molecule has 0 saturated carbocycles. The maximum atomic E-state index is 6.62. The Kier molecular flexibility index (Phi) is 2.97. The van der Waals surface area contributed by atoms with Crippen molar-refractivity contribution in [2.45, 2.75) is 0 Å². The molecule has 0 atom stereocenters. The Morgan fingerprint density at radius 2 is 1.44 bits per heavy atom. The van der Waals surface area contributed by atoms with Gasteiger partial charge >= 0.3 is 0 Å². The molecule has 0 aliphatic rings. The van der Waals surface area contributed by atoms with Crippen LogP contribution in [0.5, 0.6) is 0 Å². The van der Waals surface area contributed by atoms with Crippen LogP contribution in [0.4, 0.5) is 0 Å². The molecule has 0 unspecified atom stereocenters. The highest BCUT2D eigenvalue weighted by molar-refractivity contribution is 6.38. The zero-order valence-electron chi connectivity index (χ0n) is 14.3. The number of para-hydroxylation sites is 2. The average Bonchev–Trinajstić information content (AvgIpc) is 3.22. The average molecular weight is 368 g/mol. The molecule has 0 saturated heterocycles. The smallest absolute Gasteiger partial charge is 0.136 e. The molecule has 2 nitrogen and oxygen atoms in total. The summed E-state index contributed by atoms with van der Waals surface area (Å²) in [6.45, 7) is 0. The van der Waals surface area contributed by atoms with Gasteiger partial charge in [-0.2, -0.15) is 0 Å². The minimum Gasteiger partial charge on any atom is -0.456 e. The first-order valence-electron chi connectivity index (χ1n) is 8.90. The van der Waals surface area contributed by atoms with Crippen molar-refractivity contribution in [1.82, 2.24) is 4.57 Å². The Bertz CT molecular complexity index is 1470. The molecule has 4 aromatic carbocycles. The molecule has 0 bridgehead atoms. The normalized spacial score (nSPS) is 11.9. The molecule has 0 radical (unpaired) electrons. The van der Waals surface area contributed by atoms with Crippen molar-refractivity contribution < 1.29 is 4.42 Å². The number of hydrogen-bond acceptors (Lipinski definition) is 1. The van der Waals surface area contributed by atoms with E-state index >= 15 is 0 Å². The van der Waals surface area contributed by atoms with Gasteiger partial charge in [-0.3, -0.25) is 0 Å². The predicted molar refractivity (Wildman–Crippen MR) is 113 cm³/mol. The Hall–Kier alpha value is -3.23. The van der Waals surface area contributed by atoms with Crippen molar-refractivity contribution in [2.75, 3.05) is 0 Å². The summed E-state index contributed by atoms with van der Waals surface area (Å²) in [7, 11) is 0. The predicted octanol–water partition coefficient (Wildman–Crippen LogP) is 7.34. The lowest BCUT2D eigenvalue weighted by Gasteiger charge is -2.07. The van der Waals surface area contributed by atoms with Crippen molar-refractivity contribution in [1.29, 1.82) is 0 Å². The minimum absolute atomic E-state index is 0.752. The molecular formula is C24H14ClNO. The highest BCUT2D eigenvalue weighted by atomic mass is 35.5. The first-order valence-corrected chi connectivity index (χ1v) is 9.28. The van der Waals surface area contributed by atoms with Crippen molar-refractivity contribution in [3.63, 3.8) is 0 Å². The van der Waals surface area contributed by atoms with E-state index in [2.05, 4.69) is 53.1 Å². The van der Waals surface area contributed by atoms with Gasteiger partial charge in [-0.05, 0) is 42.5 Å². The highest BCUT2D eigenvalue weighted by Crippen LogP contribution is 2.40. The fraction of sp³-hybridized carbons (Fsp3) is 0. The molecule has 0 aliphatic carbocycles. The number of rotatable bonds is 1. The van der Waals surface area contributed by atoms with E-state index < -0.39 is 0 Å². The second-order valence-corrected chi connectivity index (χ2v) is 7.18. The van der Waals surface area contributed by atoms with Crippen LogP contribution in [0.3, 0.4) is 0 Å². The third-order valence-corrected chi connectivity index (χ3v) is 5.57. The van der Waals surface area contributed by atoms with Crippen LogP contribution >= 0.6 is 11.6 Å². The molecule has 6 aromatic rings. The van der Waals surface area contributed by atoms with Crippen molar-refractivity contribution >= 4 is 55.3 Å². The summed E-state index contributed by atoms with van der Waals surface area (Å²) in [6.07, 6.45) is 0. The Labute approximate surface area is 160 Å². The topological polar surface area (TPSA) is 18.1 Å². The lowest BCUT2D eigenvalue weighted by atomic mass is 10.1. The molecule has 0 N–H and O–H groups in total. The van der Waals surface area contributed by atoms with Gasteiger partial charge in [0.2, 0.25) is 0 Å². The fourth-order valence-corrected chi connectivity index (χ4v) is 4.37. The van der Waals surface area contributed by atoms with E-state index in [9.17, 15) is 0 Å². The van der Waals surface area contributed by atoms with Gasteiger partial charge in [0.1, 0.15) is 11.2 Å². The van der Waals surface area contributed by atoms with Gasteiger partial charge in [-0.1, -0.05) is 54.1 Å². The van der Waals surface area contributed by atoms with E-state index in [1.165, 1.54) is 0 Å². The summed E-state index contributed by atoms with van der Waals surface area (Å²) >= 11 is 6.62.